The quantitative estimate of drug-likeness (QED) is 0.682. The molecule has 0 spiro atoms. The molecule has 2 rings (SSSR count). The minimum atomic E-state index is -0.985. The van der Waals surface area contributed by atoms with Crippen molar-refractivity contribution in [3.05, 3.63) is 23.8 Å². The van der Waals surface area contributed by atoms with Crippen LogP contribution in [-0.2, 0) is 0 Å². The summed E-state index contributed by atoms with van der Waals surface area (Å²) < 4.78 is 5.58. The van der Waals surface area contributed by atoms with E-state index in [1.807, 2.05) is 0 Å². The van der Waals surface area contributed by atoms with E-state index in [1.165, 1.54) is 18.6 Å². The second-order valence-corrected chi connectivity index (χ2v) is 4.16. The fourth-order valence-electron chi connectivity index (χ4n) is 1.90. The maximum Gasteiger partial charge on any atom is 0.335 e. The molecule has 92 valence electrons. The first kappa shape index (κ1) is 11.7. The van der Waals surface area contributed by atoms with Crippen LogP contribution in [-0.4, -0.2) is 30.3 Å². The van der Waals surface area contributed by atoms with Crippen molar-refractivity contribution in [3.63, 3.8) is 0 Å². The molecular formula is C12H16N2O3. The van der Waals surface area contributed by atoms with Crippen LogP contribution in [0, 0.1) is 0 Å². The zero-order valence-electron chi connectivity index (χ0n) is 9.48. The monoisotopic (exact) mass is 236 g/mol. The van der Waals surface area contributed by atoms with Crippen molar-refractivity contribution in [1.82, 2.24) is 5.32 Å². The molecule has 1 aliphatic rings. The van der Waals surface area contributed by atoms with Crippen LogP contribution in [0.25, 0.3) is 0 Å². The number of carboxylic acid groups (broad SMARTS) is 1. The highest BCUT2D eigenvalue weighted by molar-refractivity contribution is 5.89. The number of ether oxygens (including phenoxy) is 1. The Labute approximate surface area is 99.6 Å². The fourth-order valence-corrected chi connectivity index (χ4v) is 1.90. The summed E-state index contributed by atoms with van der Waals surface area (Å²) in [5.41, 5.74) is 6.27. The molecule has 0 aromatic heterocycles. The van der Waals surface area contributed by atoms with E-state index in [-0.39, 0.29) is 5.56 Å². The van der Waals surface area contributed by atoms with Crippen LogP contribution in [0.3, 0.4) is 0 Å². The Bertz CT molecular complexity index is 414. The Morgan fingerprint density at radius 3 is 3.00 bits per heavy atom. The van der Waals surface area contributed by atoms with E-state index >= 15 is 0 Å². The van der Waals surface area contributed by atoms with Gasteiger partial charge in [-0.05, 0) is 37.6 Å². The van der Waals surface area contributed by atoms with Crippen molar-refractivity contribution < 1.29 is 14.6 Å². The molecule has 0 aliphatic carbocycles. The summed E-state index contributed by atoms with van der Waals surface area (Å²) in [5, 5.41) is 12.1. The van der Waals surface area contributed by atoms with Crippen LogP contribution in [0.15, 0.2) is 18.2 Å². The summed E-state index contributed by atoms with van der Waals surface area (Å²) in [5.74, 6) is -0.440. The third kappa shape index (κ3) is 2.88. The number of benzene rings is 1. The summed E-state index contributed by atoms with van der Waals surface area (Å²) in [6, 6.07) is 4.89. The predicted molar refractivity (Wildman–Crippen MR) is 64.3 cm³/mol. The van der Waals surface area contributed by atoms with Crippen LogP contribution in [0.2, 0.25) is 0 Å². The molecule has 1 heterocycles. The lowest BCUT2D eigenvalue weighted by molar-refractivity contribution is 0.0697. The average molecular weight is 236 g/mol. The van der Waals surface area contributed by atoms with Gasteiger partial charge in [0.15, 0.2) is 0 Å². The molecule has 1 saturated heterocycles. The first-order valence-electron chi connectivity index (χ1n) is 5.66. The standard InChI is InChI=1S/C12H16N2O3/c13-10-6-8(12(15)16)3-4-11(10)17-7-9-2-1-5-14-9/h3-4,6,9,14H,1-2,5,7,13H2,(H,15,16). The molecule has 5 heteroatoms. The van der Waals surface area contributed by atoms with Gasteiger partial charge in [-0.3, -0.25) is 0 Å². The van der Waals surface area contributed by atoms with E-state index in [1.54, 1.807) is 6.07 Å². The first-order valence-corrected chi connectivity index (χ1v) is 5.66. The first-order chi connectivity index (χ1) is 8.16. The van der Waals surface area contributed by atoms with E-state index in [9.17, 15) is 4.79 Å². The van der Waals surface area contributed by atoms with Crippen LogP contribution in [0.4, 0.5) is 5.69 Å². The lowest BCUT2D eigenvalue weighted by Crippen LogP contribution is -2.28. The fraction of sp³-hybridized carbons (Fsp3) is 0.417. The normalized spacial score (nSPS) is 19.2. The SMILES string of the molecule is Nc1cc(C(=O)O)ccc1OCC1CCCN1. The zero-order chi connectivity index (χ0) is 12.3. The van der Waals surface area contributed by atoms with Crippen molar-refractivity contribution in [2.24, 2.45) is 0 Å². The zero-order valence-corrected chi connectivity index (χ0v) is 9.48. The number of nitrogen functional groups attached to an aromatic ring is 1. The van der Waals surface area contributed by atoms with Gasteiger partial charge in [0.05, 0.1) is 11.3 Å². The van der Waals surface area contributed by atoms with Crippen LogP contribution < -0.4 is 15.8 Å². The van der Waals surface area contributed by atoms with Gasteiger partial charge < -0.3 is 20.9 Å². The van der Waals surface area contributed by atoms with Gasteiger partial charge in [0.25, 0.3) is 0 Å². The van der Waals surface area contributed by atoms with Crippen molar-refractivity contribution in [1.29, 1.82) is 0 Å². The second kappa shape index (κ2) is 5.05. The summed E-state index contributed by atoms with van der Waals surface area (Å²) in [4.78, 5) is 10.7. The maximum absolute atomic E-state index is 10.7. The van der Waals surface area contributed by atoms with Crippen LogP contribution in [0.5, 0.6) is 5.75 Å². The van der Waals surface area contributed by atoms with Gasteiger partial charge in [0.1, 0.15) is 12.4 Å². The van der Waals surface area contributed by atoms with E-state index in [0.29, 0.717) is 24.1 Å². The Kier molecular flexibility index (Phi) is 3.49. The number of carbonyl (C=O) groups is 1. The molecule has 4 N–H and O–H groups in total. The van der Waals surface area contributed by atoms with Gasteiger partial charge in [-0.25, -0.2) is 4.79 Å². The number of hydrogen-bond donors (Lipinski definition) is 3. The second-order valence-electron chi connectivity index (χ2n) is 4.16. The van der Waals surface area contributed by atoms with Gasteiger partial charge in [0, 0.05) is 6.04 Å². The van der Waals surface area contributed by atoms with Gasteiger partial charge in [-0.15, -0.1) is 0 Å². The van der Waals surface area contributed by atoms with E-state index < -0.39 is 5.97 Å². The molecule has 0 radical (unpaired) electrons. The Morgan fingerprint density at radius 1 is 1.59 bits per heavy atom. The van der Waals surface area contributed by atoms with Crippen LogP contribution in [0.1, 0.15) is 23.2 Å². The number of nitrogens with two attached hydrogens (primary N) is 1. The largest absolute Gasteiger partial charge is 0.490 e. The molecule has 17 heavy (non-hydrogen) atoms. The van der Waals surface area contributed by atoms with E-state index in [2.05, 4.69) is 5.32 Å². The van der Waals surface area contributed by atoms with Crippen molar-refractivity contribution in [2.75, 3.05) is 18.9 Å². The molecule has 0 saturated carbocycles. The number of hydrogen-bond acceptors (Lipinski definition) is 4. The summed E-state index contributed by atoms with van der Waals surface area (Å²) in [6.07, 6.45) is 2.27. The number of rotatable bonds is 4. The topological polar surface area (TPSA) is 84.6 Å². The summed E-state index contributed by atoms with van der Waals surface area (Å²) >= 11 is 0. The van der Waals surface area contributed by atoms with E-state index in [0.717, 1.165) is 13.0 Å². The summed E-state index contributed by atoms with van der Waals surface area (Å²) in [7, 11) is 0. The smallest absolute Gasteiger partial charge is 0.335 e. The number of anilines is 1. The Balaban J connectivity index is 1.98. The van der Waals surface area contributed by atoms with Gasteiger partial charge in [-0.1, -0.05) is 0 Å². The van der Waals surface area contributed by atoms with Crippen molar-refractivity contribution in [2.45, 2.75) is 18.9 Å². The molecule has 5 nitrogen and oxygen atoms in total. The lowest BCUT2D eigenvalue weighted by atomic mass is 10.2. The van der Waals surface area contributed by atoms with Crippen molar-refractivity contribution in [3.8, 4) is 5.75 Å². The van der Waals surface area contributed by atoms with E-state index in [4.69, 9.17) is 15.6 Å². The molecule has 1 aromatic rings. The highest BCUT2D eigenvalue weighted by Gasteiger charge is 2.15. The van der Waals surface area contributed by atoms with Crippen molar-refractivity contribution >= 4 is 11.7 Å². The molecule has 1 unspecified atom stereocenters. The third-order valence-electron chi connectivity index (χ3n) is 2.86. The van der Waals surface area contributed by atoms with Gasteiger partial charge in [0.2, 0.25) is 0 Å². The number of carboxylic acids is 1. The molecule has 1 aliphatic heterocycles. The summed E-state index contributed by atoms with van der Waals surface area (Å²) in [6.45, 7) is 1.60. The predicted octanol–water partition coefficient (Wildman–Crippen LogP) is 1.10. The average Bonchev–Trinajstić information content (AvgIpc) is 2.80. The molecule has 0 bridgehead atoms. The maximum atomic E-state index is 10.7. The molecule has 1 aromatic carbocycles. The highest BCUT2D eigenvalue weighted by atomic mass is 16.5. The molecular weight excluding hydrogens is 220 g/mol. The van der Waals surface area contributed by atoms with Gasteiger partial charge >= 0.3 is 5.97 Å². The Morgan fingerprint density at radius 2 is 2.41 bits per heavy atom. The molecule has 1 fully saturated rings. The number of aromatic carboxylic acids is 1. The molecule has 1 atom stereocenters. The van der Waals surface area contributed by atoms with Crippen LogP contribution >= 0.6 is 0 Å². The number of nitrogens with one attached hydrogen (secondary N) is 1. The minimum absolute atomic E-state index is 0.175. The van der Waals surface area contributed by atoms with Gasteiger partial charge in [-0.2, -0.15) is 0 Å². The third-order valence-corrected chi connectivity index (χ3v) is 2.86. The Hall–Kier alpha value is -1.75. The minimum Gasteiger partial charge on any atom is -0.490 e. The lowest BCUT2D eigenvalue weighted by Gasteiger charge is -2.13. The highest BCUT2D eigenvalue weighted by Crippen LogP contribution is 2.23. The molecule has 0 amide bonds.